The van der Waals surface area contributed by atoms with Crippen LogP contribution in [-0.4, -0.2) is 20.9 Å². The van der Waals surface area contributed by atoms with Gasteiger partial charge in [-0.2, -0.15) is 0 Å². The van der Waals surface area contributed by atoms with E-state index in [1.807, 2.05) is 12.1 Å². The lowest BCUT2D eigenvalue weighted by Crippen LogP contribution is -2.36. The summed E-state index contributed by atoms with van der Waals surface area (Å²) in [5.74, 6) is 0.233. The number of urea groups is 1. The molecule has 0 fully saturated rings. The van der Waals surface area contributed by atoms with E-state index in [9.17, 15) is 4.79 Å². The molecule has 3 N–H and O–H groups in total. The summed E-state index contributed by atoms with van der Waals surface area (Å²) in [7, 11) is 0. The lowest BCUT2D eigenvalue weighted by atomic mass is 10.2. The number of carbonyl (C=O) groups is 1. The van der Waals surface area contributed by atoms with Gasteiger partial charge in [-0.1, -0.05) is 23.7 Å². The summed E-state index contributed by atoms with van der Waals surface area (Å²) < 4.78 is 0. The number of nitrogens with two attached hydrogens (primary N) is 1. The maximum absolute atomic E-state index is 12.1. The zero-order valence-corrected chi connectivity index (χ0v) is 12.0. The number of anilines is 1. The SMILES string of the molecule is Nc1ncc2c(n1)CN(C(=O)NCc1ccc(Cl)cc1)C2. The van der Waals surface area contributed by atoms with E-state index in [2.05, 4.69) is 15.3 Å². The molecule has 1 aliphatic heterocycles. The molecule has 0 saturated carbocycles. The van der Waals surface area contributed by atoms with Crippen molar-refractivity contribution in [3.8, 4) is 0 Å². The van der Waals surface area contributed by atoms with Crippen LogP contribution in [0.1, 0.15) is 16.8 Å². The predicted molar refractivity (Wildman–Crippen MR) is 79.4 cm³/mol. The predicted octanol–water partition coefficient (Wildman–Crippen LogP) is 1.94. The molecule has 108 valence electrons. The average Bonchev–Trinajstić information content (AvgIpc) is 2.89. The minimum absolute atomic E-state index is 0.137. The Morgan fingerprint density at radius 2 is 2.10 bits per heavy atom. The summed E-state index contributed by atoms with van der Waals surface area (Å²) in [6.07, 6.45) is 1.67. The molecule has 7 heteroatoms. The lowest BCUT2D eigenvalue weighted by Gasteiger charge is -2.16. The van der Waals surface area contributed by atoms with Crippen LogP contribution in [0.5, 0.6) is 0 Å². The Morgan fingerprint density at radius 1 is 1.33 bits per heavy atom. The second-order valence-corrected chi connectivity index (χ2v) is 5.28. The van der Waals surface area contributed by atoms with Gasteiger partial charge < -0.3 is 16.0 Å². The average molecular weight is 304 g/mol. The molecule has 0 radical (unpaired) electrons. The number of fused-ring (bicyclic) bond motifs is 1. The first-order valence-corrected chi connectivity index (χ1v) is 6.87. The van der Waals surface area contributed by atoms with Crippen molar-refractivity contribution in [2.75, 3.05) is 5.73 Å². The molecule has 0 spiro atoms. The molecular formula is C14H14ClN5O. The standard InChI is InChI=1S/C14H14ClN5O/c15-11-3-1-9(2-4-11)5-18-14(21)20-7-10-6-17-13(16)19-12(10)8-20/h1-4,6H,5,7-8H2,(H,18,21)(H2,16,17,19). The van der Waals surface area contributed by atoms with Crippen LogP contribution in [0, 0.1) is 0 Å². The summed E-state index contributed by atoms with van der Waals surface area (Å²) >= 11 is 5.82. The summed E-state index contributed by atoms with van der Waals surface area (Å²) in [4.78, 5) is 21.9. The number of halogens is 1. The van der Waals surface area contributed by atoms with Crippen LogP contribution in [0.2, 0.25) is 5.02 Å². The Morgan fingerprint density at radius 3 is 2.86 bits per heavy atom. The number of hydrogen-bond acceptors (Lipinski definition) is 4. The van der Waals surface area contributed by atoms with Crippen LogP contribution in [0.4, 0.5) is 10.7 Å². The fourth-order valence-electron chi connectivity index (χ4n) is 2.20. The first kappa shape index (κ1) is 13.6. The van der Waals surface area contributed by atoms with E-state index >= 15 is 0 Å². The number of nitrogen functional groups attached to an aromatic ring is 1. The Kier molecular flexibility index (Phi) is 3.62. The van der Waals surface area contributed by atoms with Crippen molar-refractivity contribution in [3.63, 3.8) is 0 Å². The normalized spacial score (nSPS) is 13.1. The Labute approximate surface area is 126 Å². The van der Waals surface area contributed by atoms with Gasteiger partial charge in [0.25, 0.3) is 0 Å². The maximum Gasteiger partial charge on any atom is 0.318 e. The van der Waals surface area contributed by atoms with Crippen LogP contribution >= 0.6 is 11.6 Å². The van der Waals surface area contributed by atoms with Gasteiger partial charge in [0, 0.05) is 23.3 Å². The van der Waals surface area contributed by atoms with Crippen molar-refractivity contribution in [1.82, 2.24) is 20.2 Å². The monoisotopic (exact) mass is 303 g/mol. The number of hydrogen-bond donors (Lipinski definition) is 2. The summed E-state index contributed by atoms with van der Waals surface area (Å²) in [6.45, 7) is 1.41. The van der Waals surface area contributed by atoms with Crippen LogP contribution in [0.25, 0.3) is 0 Å². The number of nitrogens with zero attached hydrogens (tertiary/aromatic N) is 3. The van der Waals surface area contributed by atoms with Crippen LogP contribution in [-0.2, 0) is 19.6 Å². The van der Waals surface area contributed by atoms with Crippen molar-refractivity contribution in [3.05, 3.63) is 52.3 Å². The van der Waals surface area contributed by atoms with Gasteiger partial charge >= 0.3 is 6.03 Å². The van der Waals surface area contributed by atoms with Gasteiger partial charge in [0.15, 0.2) is 0 Å². The molecule has 0 aliphatic carbocycles. The van der Waals surface area contributed by atoms with E-state index < -0.39 is 0 Å². The molecule has 3 rings (SSSR count). The first-order valence-electron chi connectivity index (χ1n) is 6.49. The second kappa shape index (κ2) is 5.57. The fraction of sp³-hybridized carbons (Fsp3) is 0.214. The molecule has 21 heavy (non-hydrogen) atoms. The zero-order valence-electron chi connectivity index (χ0n) is 11.2. The third kappa shape index (κ3) is 3.05. The number of carbonyl (C=O) groups excluding carboxylic acids is 1. The van der Waals surface area contributed by atoms with Gasteiger partial charge in [-0.15, -0.1) is 0 Å². The smallest absolute Gasteiger partial charge is 0.318 e. The molecule has 0 bridgehead atoms. The number of aromatic nitrogens is 2. The molecule has 6 nitrogen and oxygen atoms in total. The largest absolute Gasteiger partial charge is 0.368 e. The summed E-state index contributed by atoms with van der Waals surface area (Å²) in [5.41, 5.74) is 8.29. The van der Waals surface area contributed by atoms with E-state index in [4.69, 9.17) is 17.3 Å². The van der Waals surface area contributed by atoms with E-state index in [0.717, 1.165) is 16.8 Å². The first-order chi connectivity index (χ1) is 10.1. The molecule has 2 heterocycles. The number of rotatable bonds is 2. The molecule has 2 amide bonds. The van der Waals surface area contributed by atoms with Gasteiger partial charge in [-0.25, -0.2) is 14.8 Å². The molecule has 1 aliphatic rings. The molecule has 0 unspecified atom stereocenters. The molecule has 1 aromatic heterocycles. The van der Waals surface area contributed by atoms with Crippen molar-refractivity contribution in [2.45, 2.75) is 19.6 Å². The molecular weight excluding hydrogens is 290 g/mol. The third-order valence-corrected chi connectivity index (χ3v) is 3.57. The highest BCUT2D eigenvalue weighted by Gasteiger charge is 2.24. The lowest BCUT2D eigenvalue weighted by molar-refractivity contribution is 0.197. The van der Waals surface area contributed by atoms with Crippen molar-refractivity contribution >= 4 is 23.6 Å². The highest BCUT2D eigenvalue weighted by atomic mass is 35.5. The molecule has 0 atom stereocenters. The van der Waals surface area contributed by atoms with Crippen molar-refractivity contribution in [1.29, 1.82) is 0 Å². The minimum atomic E-state index is -0.137. The maximum atomic E-state index is 12.1. The molecule has 2 aromatic rings. The zero-order chi connectivity index (χ0) is 14.8. The summed E-state index contributed by atoms with van der Waals surface area (Å²) in [6, 6.07) is 7.22. The van der Waals surface area contributed by atoms with E-state index in [1.165, 1.54) is 0 Å². The fourth-order valence-corrected chi connectivity index (χ4v) is 2.33. The number of nitrogens with one attached hydrogen (secondary N) is 1. The molecule has 1 aromatic carbocycles. The van der Waals surface area contributed by atoms with Gasteiger partial charge in [0.05, 0.1) is 18.8 Å². The number of amides is 2. The van der Waals surface area contributed by atoms with E-state index in [1.54, 1.807) is 23.2 Å². The third-order valence-electron chi connectivity index (χ3n) is 3.32. The minimum Gasteiger partial charge on any atom is -0.368 e. The number of benzene rings is 1. The Bertz CT molecular complexity index is 674. The van der Waals surface area contributed by atoms with Gasteiger partial charge in [0.1, 0.15) is 0 Å². The Balaban J connectivity index is 1.59. The van der Waals surface area contributed by atoms with E-state index in [-0.39, 0.29) is 12.0 Å². The molecule has 0 saturated heterocycles. The topological polar surface area (TPSA) is 84.1 Å². The van der Waals surface area contributed by atoms with Gasteiger partial charge in [-0.3, -0.25) is 0 Å². The van der Waals surface area contributed by atoms with Gasteiger partial charge in [-0.05, 0) is 17.7 Å². The van der Waals surface area contributed by atoms with Crippen LogP contribution in [0.15, 0.2) is 30.5 Å². The highest BCUT2D eigenvalue weighted by molar-refractivity contribution is 6.30. The van der Waals surface area contributed by atoms with E-state index in [0.29, 0.717) is 24.7 Å². The second-order valence-electron chi connectivity index (χ2n) is 4.84. The highest BCUT2D eigenvalue weighted by Crippen LogP contribution is 2.20. The van der Waals surface area contributed by atoms with Crippen LogP contribution < -0.4 is 11.1 Å². The van der Waals surface area contributed by atoms with Crippen molar-refractivity contribution in [2.24, 2.45) is 0 Å². The quantitative estimate of drug-likeness (QED) is 0.888. The summed E-state index contributed by atoms with van der Waals surface area (Å²) in [5, 5.41) is 3.55. The van der Waals surface area contributed by atoms with Gasteiger partial charge in [0.2, 0.25) is 5.95 Å². The van der Waals surface area contributed by atoms with Crippen molar-refractivity contribution < 1.29 is 4.79 Å². The van der Waals surface area contributed by atoms with Crippen LogP contribution in [0.3, 0.4) is 0 Å². The Hall–Kier alpha value is -2.34.